The van der Waals surface area contributed by atoms with Gasteiger partial charge in [-0.1, -0.05) is 36.4 Å². The first-order valence-corrected chi connectivity index (χ1v) is 9.76. The van der Waals surface area contributed by atoms with Gasteiger partial charge in [0.05, 0.1) is 18.0 Å². The number of H-pyrrole nitrogens is 1. The quantitative estimate of drug-likeness (QED) is 0.362. The zero-order chi connectivity index (χ0) is 20.9. The number of benzene rings is 3. The molecule has 4 rings (SSSR count). The van der Waals surface area contributed by atoms with Gasteiger partial charge in [0.15, 0.2) is 0 Å². The fourth-order valence-corrected chi connectivity index (χ4v) is 3.15. The molecular formula is C24H22N4O2. The number of carbonyl (C=O) groups is 1. The van der Waals surface area contributed by atoms with Gasteiger partial charge in [-0.3, -0.25) is 9.89 Å². The molecule has 1 heterocycles. The number of carbonyl (C=O) groups excluding carboxylic acids is 1. The maximum absolute atomic E-state index is 12.5. The number of amides is 1. The van der Waals surface area contributed by atoms with E-state index in [0.29, 0.717) is 23.7 Å². The summed E-state index contributed by atoms with van der Waals surface area (Å²) in [5.74, 6) is 0.455. The lowest BCUT2D eigenvalue weighted by Crippen LogP contribution is -2.19. The Morgan fingerprint density at radius 2 is 1.80 bits per heavy atom. The zero-order valence-corrected chi connectivity index (χ0v) is 16.8. The van der Waals surface area contributed by atoms with Crippen LogP contribution in [0.4, 0.5) is 0 Å². The number of nitrogens with zero attached hydrogens (tertiary/aromatic N) is 2. The second-order valence-electron chi connectivity index (χ2n) is 6.82. The number of hydrogen-bond donors (Lipinski definition) is 2. The molecule has 6 nitrogen and oxygen atoms in total. The Balaban J connectivity index is 1.46. The molecule has 0 fully saturated rings. The van der Waals surface area contributed by atoms with E-state index in [-0.39, 0.29) is 5.91 Å². The standard InChI is InChI=1S/C24H22N4O2/c1-3-30-21-12-10-17(11-13-21)16(2)25-28-24(29)23-15-22(26-27-23)20-9-8-18-6-4-5-7-19(18)14-20/h4-15H,3H2,1-2H3,(H,26,27)(H,28,29). The van der Waals surface area contributed by atoms with Crippen LogP contribution in [0.15, 0.2) is 77.9 Å². The summed E-state index contributed by atoms with van der Waals surface area (Å²) in [7, 11) is 0. The van der Waals surface area contributed by atoms with Gasteiger partial charge < -0.3 is 4.74 Å². The monoisotopic (exact) mass is 398 g/mol. The van der Waals surface area contributed by atoms with Gasteiger partial charge in [0.2, 0.25) is 0 Å². The molecule has 150 valence electrons. The summed E-state index contributed by atoms with van der Waals surface area (Å²) in [5.41, 5.74) is 6.17. The van der Waals surface area contributed by atoms with Crippen LogP contribution in [-0.4, -0.2) is 28.4 Å². The third-order valence-corrected chi connectivity index (χ3v) is 4.78. The lowest BCUT2D eigenvalue weighted by Gasteiger charge is -2.05. The van der Waals surface area contributed by atoms with Crippen molar-refractivity contribution in [1.29, 1.82) is 0 Å². The maximum atomic E-state index is 12.5. The molecule has 0 aliphatic rings. The summed E-state index contributed by atoms with van der Waals surface area (Å²) in [6.07, 6.45) is 0. The highest BCUT2D eigenvalue weighted by molar-refractivity contribution is 6.00. The van der Waals surface area contributed by atoms with Crippen molar-refractivity contribution in [2.24, 2.45) is 5.10 Å². The summed E-state index contributed by atoms with van der Waals surface area (Å²) >= 11 is 0. The lowest BCUT2D eigenvalue weighted by molar-refractivity contribution is 0.0950. The second kappa shape index (κ2) is 8.61. The zero-order valence-electron chi connectivity index (χ0n) is 16.8. The number of ether oxygens (including phenoxy) is 1. The molecule has 1 amide bonds. The van der Waals surface area contributed by atoms with Crippen molar-refractivity contribution in [3.05, 3.63) is 84.1 Å². The lowest BCUT2D eigenvalue weighted by atomic mass is 10.1. The van der Waals surface area contributed by atoms with Gasteiger partial charge in [-0.05, 0) is 66.6 Å². The number of aromatic amines is 1. The summed E-state index contributed by atoms with van der Waals surface area (Å²) in [5, 5.41) is 13.6. The van der Waals surface area contributed by atoms with E-state index < -0.39 is 0 Å². The fourth-order valence-electron chi connectivity index (χ4n) is 3.15. The van der Waals surface area contributed by atoms with Crippen LogP contribution in [0.3, 0.4) is 0 Å². The third kappa shape index (κ3) is 4.22. The molecular weight excluding hydrogens is 376 g/mol. The highest BCUT2D eigenvalue weighted by Crippen LogP contribution is 2.23. The van der Waals surface area contributed by atoms with Crippen molar-refractivity contribution in [3.63, 3.8) is 0 Å². The highest BCUT2D eigenvalue weighted by atomic mass is 16.5. The molecule has 0 saturated carbocycles. The number of aromatic nitrogens is 2. The number of nitrogens with one attached hydrogen (secondary N) is 2. The van der Waals surface area contributed by atoms with Crippen molar-refractivity contribution in [2.45, 2.75) is 13.8 Å². The largest absolute Gasteiger partial charge is 0.494 e. The number of fused-ring (bicyclic) bond motifs is 1. The van der Waals surface area contributed by atoms with Gasteiger partial charge in [-0.15, -0.1) is 0 Å². The Bertz CT molecular complexity index is 1210. The predicted molar refractivity (Wildman–Crippen MR) is 119 cm³/mol. The van der Waals surface area contributed by atoms with E-state index in [1.54, 1.807) is 6.07 Å². The van der Waals surface area contributed by atoms with Crippen LogP contribution >= 0.6 is 0 Å². The minimum atomic E-state index is -0.347. The SMILES string of the molecule is CCOc1ccc(C(C)=NNC(=O)c2cc(-c3ccc4ccccc4c3)n[nH]2)cc1. The van der Waals surface area contributed by atoms with Crippen LogP contribution in [0.1, 0.15) is 29.9 Å². The number of hydrazone groups is 1. The number of hydrogen-bond acceptors (Lipinski definition) is 4. The molecule has 0 bridgehead atoms. The average molecular weight is 398 g/mol. The summed E-state index contributed by atoms with van der Waals surface area (Å²) in [4.78, 5) is 12.5. The second-order valence-corrected chi connectivity index (χ2v) is 6.82. The van der Waals surface area contributed by atoms with E-state index in [4.69, 9.17) is 4.74 Å². The van der Waals surface area contributed by atoms with Crippen LogP contribution in [0, 0.1) is 0 Å². The molecule has 0 spiro atoms. The van der Waals surface area contributed by atoms with E-state index in [0.717, 1.165) is 27.6 Å². The minimum Gasteiger partial charge on any atom is -0.494 e. The van der Waals surface area contributed by atoms with E-state index in [9.17, 15) is 4.79 Å². The predicted octanol–water partition coefficient (Wildman–Crippen LogP) is 4.78. The Hall–Kier alpha value is -3.93. The molecule has 0 atom stereocenters. The topological polar surface area (TPSA) is 79.4 Å². The highest BCUT2D eigenvalue weighted by Gasteiger charge is 2.11. The molecule has 0 aliphatic heterocycles. The molecule has 30 heavy (non-hydrogen) atoms. The normalized spacial score (nSPS) is 11.5. The molecule has 0 radical (unpaired) electrons. The fraction of sp³-hybridized carbons (Fsp3) is 0.125. The minimum absolute atomic E-state index is 0.347. The van der Waals surface area contributed by atoms with Crippen LogP contribution in [0.25, 0.3) is 22.0 Å². The summed E-state index contributed by atoms with van der Waals surface area (Å²) in [6.45, 7) is 4.40. The molecule has 1 aromatic heterocycles. The first-order chi connectivity index (χ1) is 14.6. The first-order valence-electron chi connectivity index (χ1n) is 9.76. The third-order valence-electron chi connectivity index (χ3n) is 4.78. The van der Waals surface area contributed by atoms with Crippen LogP contribution in [0.2, 0.25) is 0 Å². The Morgan fingerprint density at radius 3 is 2.57 bits per heavy atom. The summed E-state index contributed by atoms with van der Waals surface area (Å²) < 4.78 is 5.44. The van der Waals surface area contributed by atoms with Crippen molar-refractivity contribution < 1.29 is 9.53 Å². The van der Waals surface area contributed by atoms with Gasteiger partial charge >= 0.3 is 0 Å². The molecule has 2 N–H and O–H groups in total. The van der Waals surface area contributed by atoms with Gasteiger partial charge in [0.1, 0.15) is 11.4 Å². The Labute approximate surface area is 174 Å². The van der Waals surface area contributed by atoms with Crippen molar-refractivity contribution >= 4 is 22.4 Å². The number of rotatable bonds is 6. The molecule has 3 aromatic carbocycles. The first kappa shape index (κ1) is 19.4. The molecule has 0 unspecified atom stereocenters. The van der Waals surface area contributed by atoms with Crippen LogP contribution in [-0.2, 0) is 0 Å². The van der Waals surface area contributed by atoms with Gasteiger partial charge in [-0.2, -0.15) is 10.2 Å². The Morgan fingerprint density at radius 1 is 1.03 bits per heavy atom. The van der Waals surface area contributed by atoms with Crippen LogP contribution < -0.4 is 10.2 Å². The van der Waals surface area contributed by atoms with Crippen molar-refractivity contribution in [3.8, 4) is 17.0 Å². The molecule has 0 aliphatic carbocycles. The van der Waals surface area contributed by atoms with Crippen LogP contribution in [0.5, 0.6) is 5.75 Å². The van der Waals surface area contributed by atoms with E-state index in [1.165, 1.54) is 0 Å². The van der Waals surface area contributed by atoms with Gasteiger partial charge in [0, 0.05) is 5.56 Å². The molecule has 4 aromatic rings. The van der Waals surface area contributed by atoms with Crippen molar-refractivity contribution in [1.82, 2.24) is 15.6 Å². The van der Waals surface area contributed by atoms with Crippen molar-refractivity contribution in [2.75, 3.05) is 6.61 Å². The van der Waals surface area contributed by atoms with Gasteiger partial charge in [0.25, 0.3) is 5.91 Å². The summed E-state index contributed by atoms with van der Waals surface area (Å²) in [6, 6.07) is 23.5. The van der Waals surface area contributed by atoms with E-state index in [2.05, 4.69) is 38.9 Å². The molecule has 0 saturated heterocycles. The smallest absolute Gasteiger partial charge is 0.289 e. The van der Waals surface area contributed by atoms with E-state index in [1.807, 2.05) is 62.4 Å². The molecule has 6 heteroatoms. The average Bonchev–Trinajstić information content (AvgIpc) is 3.28. The Kier molecular flexibility index (Phi) is 5.57. The van der Waals surface area contributed by atoms with Gasteiger partial charge in [-0.25, -0.2) is 5.43 Å². The maximum Gasteiger partial charge on any atom is 0.289 e. The van der Waals surface area contributed by atoms with E-state index >= 15 is 0 Å².